The molecule has 1 heterocycles. The van der Waals surface area contributed by atoms with Crippen LogP contribution in [0.1, 0.15) is 82.6 Å². The van der Waals surface area contributed by atoms with E-state index in [4.69, 9.17) is 0 Å². The summed E-state index contributed by atoms with van der Waals surface area (Å²) in [5.41, 5.74) is 0.901. The molecule has 2 rings (SSSR count). The molecule has 0 spiro atoms. The van der Waals surface area contributed by atoms with Crippen molar-refractivity contribution in [2.24, 2.45) is 0 Å². The summed E-state index contributed by atoms with van der Waals surface area (Å²) in [4.78, 5) is 2.39. The second-order valence-electron chi connectivity index (χ2n) is 7.65. The van der Waals surface area contributed by atoms with Gasteiger partial charge in [-0.15, -0.1) is 12.4 Å². The number of benzene rings is 1. The van der Waals surface area contributed by atoms with E-state index in [1.54, 1.807) is 6.07 Å². The van der Waals surface area contributed by atoms with E-state index < -0.39 is 0 Å². The Morgan fingerprint density at radius 3 is 2.19 bits per heavy atom. The lowest BCUT2D eigenvalue weighted by Crippen LogP contribution is -2.43. The summed E-state index contributed by atoms with van der Waals surface area (Å²) in [6.45, 7) is 5.12. The standard InChI is InChI=1S/C22H37NO2.ClH/c1-2-3-4-5-6-7-8-9-12-16-23-17-15-20(22(25)18-23)19-13-10-11-14-21(19)24;/h10-11,13-14,20,22,24-25H,2-9,12,15-18H2,1H3;1H. The molecule has 1 fully saturated rings. The highest BCUT2D eigenvalue weighted by Gasteiger charge is 2.29. The number of hydrogen-bond donors (Lipinski definition) is 2. The number of aromatic hydroxyl groups is 1. The van der Waals surface area contributed by atoms with Gasteiger partial charge in [0.25, 0.3) is 0 Å². The van der Waals surface area contributed by atoms with Crippen LogP contribution in [0, 0.1) is 0 Å². The van der Waals surface area contributed by atoms with E-state index in [9.17, 15) is 10.2 Å². The zero-order valence-corrected chi connectivity index (χ0v) is 17.2. The molecule has 2 unspecified atom stereocenters. The number of phenolic OH excluding ortho intramolecular Hbond substituents is 1. The lowest BCUT2D eigenvalue weighted by Gasteiger charge is -2.36. The monoisotopic (exact) mass is 383 g/mol. The molecule has 2 N–H and O–H groups in total. The van der Waals surface area contributed by atoms with Crippen LogP contribution in [0.3, 0.4) is 0 Å². The summed E-state index contributed by atoms with van der Waals surface area (Å²) in [5.74, 6) is 0.388. The maximum atomic E-state index is 10.5. The first-order valence-corrected chi connectivity index (χ1v) is 10.4. The van der Waals surface area contributed by atoms with Gasteiger partial charge < -0.3 is 15.1 Å². The summed E-state index contributed by atoms with van der Waals surface area (Å²) in [7, 11) is 0. The fourth-order valence-corrected chi connectivity index (χ4v) is 4.01. The Balaban J connectivity index is 0.00000338. The number of unbranched alkanes of at least 4 members (excludes halogenated alkanes) is 8. The van der Waals surface area contributed by atoms with Gasteiger partial charge in [-0.3, -0.25) is 0 Å². The number of aliphatic hydroxyl groups is 1. The van der Waals surface area contributed by atoms with Crippen LogP contribution in [0.4, 0.5) is 0 Å². The van der Waals surface area contributed by atoms with Crippen molar-refractivity contribution in [1.82, 2.24) is 4.90 Å². The van der Waals surface area contributed by atoms with Crippen molar-refractivity contribution >= 4 is 12.4 Å². The van der Waals surface area contributed by atoms with Crippen LogP contribution in [0.5, 0.6) is 5.75 Å². The Hall–Kier alpha value is -0.770. The molecule has 0 radical (unpaired) electrons. The van der Waals surface area contributed by atoms with Gasteiger partial charge in [0.15, 0.2) is 0 Å². The van der Waals surface area contributed by atoms with Crippen LogP contribution in [0.15, 0.2) is 24.3 Å². The Bertz CT molecular complexity index is 483. The summed E-state index contributed by atoms with van der Waals surface area (Å²) in [6, 6.07) is 7.44. The number of rotatable bonds is 11. The second kappa shape index (κ2) is 13.4. The zero-order chi connectivity index (χ0) is 17.9. The molecule has 1 aromatic carbocycles. The topological polar surface area (TPSA) is 43.7 Å². The van der Waals surface area contributed by atoms with Crippen molar-refractivity contribution in [2.75, 3.05) is 19.6 Å². The van der Waals surface area contributed by atoms with Crippen molar-refractivity contribution in [3.8, 4) is 5.75 Å². The summed E-state index contributed by atoms with van der Waals surface area (Å²) in [5, 5.41) is 20.5. The minimum Gasteiger partial charge on any atom is -0.508 e. The highest BCUT2D eigenvalue weighted by molar-refractivity contribution is 5.85. The molecule has 0 aliphatic carbocycles. The normalized spacial score (nSPS) is 20.7. The quantitative estimate of drug-likeness (QED) is 0.496. The molecule has 2 atom stereocenters. The molecule has 150 valence electrons. The summed E-state index contributed by atoms with van der Waals surface area (Å²) in [6.07, 6.45) is 12.7. The molecular formula is C22H38ClNO2. The van der Waals surface area contributed by atoms with Gasteiger partial charge in [-0.1, -0.05) is 76.5 Å². The third-order valence-electron chi connectivity index (χ3n) is 5.58. The van der Waals surface area contributed by atoms with Crippen LogP contribution in [0.25, 0.3) is 0 Å². The molecule has 0 amide bonds. The molecule has 1 aliphatic heterocycles. The maximum Gasteiger partial charge on any atom is 0.119 e. The first kappa shape index (κ1) is 23.3. The van der Waals surface area contributed by atoms with Crippen molar-refractivity contribution in [3.05, 3.63) is 29.8 Å². The van der Waals surface area contributed by atoms with Crippen molar-refractivity contribution in [2.45, 2.75) is 83.2 Å². The van der Waals surface area contributed by atoms with Gasteiger partial charge in [0, 0.05) is 12.5 Å². The van der Waals surface area contributed by atoms with Crippen LogP contribution >= 0.6 is 12.4 Å². The van der Waals surface area contributed by atoms with Gasteiger partial charge in [0.1, 0.15) is 5.75 Å². The van der Waals surface area contributed by atoms with Crippen LogP contribution in [-0.4, -0.2) is 40.9 Å². The number of piperidine rings is 1. The zero-order valence-electron chi connectivity index (χ0n) is 16.4. The highest BCUT2D eigenvalue weighted by atomic mass is 35.5. The number of likely N-dealkylation sites (tertiary alicyclic amines) is 1. The highest BCUT2D eigenvalue weighted by Crippen LogP contribution is 2.33. The first-order chi connectivity index (χ1) is 12.2. The number of phenols is 1. The van der Waals surface area contributed by atoms with E-state index in [1.807, 2.05) is 18.2 Å². The Morgan fingerprint density at radius 2 is 1.58 bits per heavy atom. The van der Waals surface area contributed by atoms with Crippen LogP contribution in [0.2, 0.25) is 0 Å². The summed E-state index contributed by atoms with van der Waals surface area (Å²) >= 11 is 0. The average Bonchev–Trinajstić information content (AvgIpc) is 2.61. The predicted molar refractivity (Wildman–Crippen MR) is 112 cm³/mol. The molecular weight excluding hydrogens is 346 g/mol. The van der Waals surface area contributed by atoms with Gasteiger partial charge in [-0.05, 0) is 37.6 Å². The van der Waals surface area contributed by atoms with E-state index in [1.165, 1.54) is 57.8 Å². The number of halogens is 1. The minimum absolute atomic E-state index is 0. The Morgan fingerprint density at radius 1 is 0.962 bits per heavy atom. The maximum absolute atomic E-state index is 10.5. The van der Waals surface area contributed by atoms with E-state index in [0.29, 0.717) is 5.75 Å². The largest absolute Gasteiger partial charge is 0.508 e. The summed E-state index contributed by atoms with van der Waals surface area (Å²) < 4.78 is 0. The third-order valence-corrected chi connectivity index (χ3v) is 5.58. The minimum atomic E-state index is -0.374. The molecule has 1 saturated heterocycles. The molecule has 26 heavy (non-hydrogen) atoms. The van der Waals surface area contributed by atoms with Crippen molar-refractivity contribution in [1.29, 1.82) is 0 Å². The Labute approximate surface area is 166 Å². The average molecular weight is 384 g/mol. The fraction of sp³-hybridized carbons (Fsp3) is 0.727. The van der Waals surface area contributed by atoms with E-state index in [-0.39, 0.29) is 24.4 Å². The van der Waals surface area contributed by atoms with Gasteiger partial charge in [0.05, 0.1) is 6.10 Å². The second-order valence-corrected chi connectivity index (χ2v) is 7.65. The number of para-hydroxylation sites is 1. The SMILES string of the molecule is CCCCCCCCCCCN1CCC(c2ccccc2O)C(O)C1.Cl. The molecule has 1 aromatic rings. The first-order valence-electron chi connectivity index (χ1n) is 10.4. The van der Waals surface area contributed by atoms with Gasteiger partial charge in [-0.2, -0.15) is 0 Å². The molecule has 3 nitrogen and oxygen atoms in total. The molecule has 0 aromatic heterocycles. The number of aliphatic hydroxyl groups excluding tert-OH is 1. The van der Waals surface area contributed by atoms with Crippen molar-refractivity contribution < 1.29 is 10.2 Å². The van der Waals surface area contributed by atoms with Gasteiger partial charge in [-0.25, -0.2) is 0 Å². The van der Waals surface area contributed by atoms with Crippen LogP contribution in [-0.2, 0) is 0 Å². The molecule has 1 aliphatic rings. The van der Waals surface area contributed by atoms with E-state index >= 15 is 0 Å². The molecule has 0 bridgehead atoms. The fourth-order valence-electron chi connectivity index (χ4n) is 4.01. The van der Waals surface area contributed by atoms with Gasteiger partial charge in [0.2, 0.25) is 0 Å². The third kappa shape index (κ3) is 7.85. The van der Waals surface area contributed by atoms with E-state index in [2.05, 4.69) is 11.8 Å². The molecule has 4 heteroatoms. The lowest BCUT2D eigenvalue weighted by molar-refractivity contribution is 0.0497. The smallest absolute Gasteiger partial charge is 0.119 e. The lowest BCUT2D eigenvalue weighted by atomic mass is 9.86. The number of nitrogens with zero attached hydrogens (tertiary/aromatic N) is 1. The van der Waals surface area contributed by atoms with E-state index in [0.717, 1.165) is 31.6 Å². The molecule has 0 saturated carbocycles. The van der Waals surface area contributed by atoms with Crippen molar-refractivity contribution in [3.63, 3.8) is 0 Å². The predicted octanol–water partition coefficient (Wildman–Crippen LogP) is 5.50. The Kier molecular flexibility index (Phi) is 12.0. The van der Waals surface area contributed by atoms with Gasteiger partial charge >= 0.3 is 0 Å². The van der Waals surface area contributed by atoms with Crippen LogP contribution < -0.4 is 0 Å². The number of β-amino-alcohol motifs (C(OH)–C–C–N with tert-alkyl or cyclic N) is 1. The number of hydrogen-bond acceptors (Lipinski definition) is 3.